The molecule has 0 bridgehead atoms. The lowest BCUT2D eigenvalue weighted by Crippen LogP contribution is -2.22. The minimum absolute atomic E-state index is 0.221. The van der Waals surface area contributed by atoms with Crippen LogP contribution >= 0.6 is 23.2 Å². The summed E-state index contributed by atoms with van der Waals surface area (Å²) in [7, 11) is 0. The van der Waals surface area contributed by atoms with E-state index in [2.05, 4.69) is 10.5 Å². The number of hydrogen-bond acceptors (Lipinski definition) is 3. The van der Waals surface area contributed by atoms with Gasteiger partial charge in [-0.15, -0.1) is 11.6 Å². The summed E-state index contributed by atoms with van der Waals surface area (Å²) >= 11 is 11.4. The van der Waals surface area contributed by atoms with Crippen LogP contribution in [0.4, 0.5) is 0 Å². The number of nitrogens with zero attached hydrogens (tertiary/aromatic N) is 1. The molecule has 4 nitrogen and oxygen atoms in total. The highest BCUT2D eigenvalue weighted by Crippen LogP contribution is 2.11. The molecule has 1 heterocycles. The van der Waals surface area contributed by atoms with Gasteiger partial charge >= 0.3 is 0 Å². The highest BCUT2D eigenvalue weighted by molar-refractivity contribution is 6.30. The fraction of sp³-hybridized carbons (Fsp3) is 0.167. The second-order valence-electron chi connectivity index (χ2n) is 3.61. The molecule has 0 fully saturated rings. The Morgan fingerprint density at radius 1 is 1.39 bits per heavy atom. The summed E-state index contributed by atoms with van der Waals surface area (Å²) in [6.45, 7) is 0.259. The van der Waals surface area contributed by atoms with E-state index in [4.69, 9.17) is 27.7 Å². The third kappa shape index (κ3) is 3.24. The van der Waals surface area contributed by atoms with Crippen molar-refractivity contribution in [3.05, 3.63) is 52.4 Å². The Morgan fingerprint density at radius 3 is 2.89 bits per heavy atom. The van der Waals surface area contributed by atoms with Crippen LogP contribution in [0.15, 0.2) is 34.9 Å². The van der Waals surface area contributed by atoms with Gasteiger partial charge in [0.1, 0.15) is 0 Å². The zero-order chi connectivity index (χ0) is 13.0. The number of rotatable bonds is 4. The number of amides is 1. The maximum Gasteiger partial charge on any atom is 0.251 e. The van der Waals surface area contributed by atoms with Gasteiger partial charge in [-0.25, -0.2) is 0 Å². The average Bonchev–Trinajstić information content (AvgIpc) is 2.84. The van der Waals surface area contributed by atoms with Crippen LogP contribution in [0, 0.1) is 0 Å². The van der Waals surface area contributed by atoms with Crippen molar-refractivity contribution in [2.24, 2.45) is 0 Å². The molecule has 1 aromatic carbocycles. The SMILES string of the molecule is O=C(NCc1cc(CCl)no1)c1cccc(Cl)c1. The molecule has 0 radical (unpaired) electrons. The van der Waals surface area contributed by atoms with Crippen LogP contribution in [0.2, 0.25) is 5.02 Å². The monoisotopic (exact) mass is 284 g/mol. The molecule has 0 saturated heterocycles. The summed E-state index contributed by atoms with van der Waals surface area (Å²) in [5, 5.41) is 6.95. The zero-order valence-corrected chi connectivity index (χ0v) is 10.8. The first-order chi connectivity index (χ1) is 8.69. The average molecular weight is 285 g/mol. The Morgan fingerprint density at radius 2 is 2.22 bits per heavy atom. The van der Waals surface area contributed by atoms with E-state index >= 15 is 0 Å². The lowest BCUT2D eigenvalue weighted by molar-refractivity contribution is 0.0947. The second-order valence-corrected chi connectivity index (χ2v) is 4.31. The number of alkyl halides is 1. The molecular formula is C12H10Cl2N2O2. The van der Waals surface area contributed by atoms with Crippen LogP contribution in [0.1, 0.15) is 21.8 Å². The number of hydrogen-bond donors (Lipinski definition) is 1. The standard InChI is InChI=1S/C12H10Cl2N2O2/c13-6-10-5-11(18-16-10)7-15-12(17)8-2-1-3-9(14)4-8/h1-5H,6-7H2,(H,15,17). The zero-order valence-electron chi connectivity index (χ0n) is 9.32. The summed E-state index contributed by atoms with van der Waals surface area (Å²) in [4.78, 5) is 11.8. The van der Waals surface area contributed by atoms with Gasteiger partial charge in [0.15, 0.2) is 5.76 Å². The van der Waals surface area contributed by atoms with Gasteiger partial charge < -0.3 is 9.84 Å². The number of nitrogens with one attached hydrogen (secondary N) is 1. The van der Waals surface area contributed by atoms with E-state index in [1.165, 1.54) is 0 Å². The Balaban J connectivity index is 1.96. The Kier molecular flexibility index (Phi) is 4.23. The van der Waals surface area contributed by atoms with Crippen LogP contribution in [0.25, 0.3) is 0 Å². The van der Waals surface area contributed by atoms with Crippen molar-refractivity contribution in [3.63, 3.8) is 0 Å². The fourth-order valence-corrected chi connectivity index (χ4v) is 1.72. The lowest BCUT2D eigenvalue weighted by Gasteiger charge is -2.02. The maximum atomic E-state index is 11.8. The maximum absolute atomic E-state index is 11.8. The molecule has 0 aliphatic carbocycles. The molecule has 94 valence electrons. The smallest absolute Gasteiger partial charge is 0.251 e. The molecule has 0 unspecified atom stereocenters. The van der Waals surface area contributed by atoms with Gasteiger partial charge in [0, 0.05) is 16.7 Å². The third-order valence-electron chi connectivity index (χ3n) is 2.25. The van der Waals surface area contributed by atoms with Crippen LogP contribution in [0.3, 0.4) is 0 Å². The van der Waals surface area contributed by atoms with Crippen molar-refractivity contribution in [1.82, 2.24) is 10.5 Å². The van der Waals surface area contributed by atoms with E-state index in [1.807, 2.05) is 0 Å². The topological polar surface area (TPSA) is 55.1 Å². The second kappa shape index (κ2) is 5.89. The Hall–Kier alpha value is -1.52. The van der Waals surface area contributed by atoms with Crippen molar-refractivity contribution < 1.29 is 9.32 Å². The van der Waals surface area contributed by atoms with Crippen molar-refractivity contribution in [2.45, 2.75) is 12.4 Å². The summed E-state index contributed by atoms with van der Waals surface area (Å²) in [5.41, 5.74) is 1.14. The summed E-state index contributed by atoms with van der Waals surface area (Å²) in [6.07, 6.45) is 0. The van der Waals surface area contributed by atoms with Gasteiger partial charge in [0.05, 0.1) is 18.1 Å². The van der Waals surface area contributed by atoms with E-state index in [0.717, 1.165) is 0 Å². The normalized spacial score (nSPS) is 10.3. The first kappa shape index (κ1) is 12.9. The van der Waals surface area contributed by atoms with Gasteiger partial charge in [-0.2, -0.15) is 0 Å². The van der Waals surface area contributed by atoms with Gasteiger partial charge in [-0.1, -0.05) is 22.8 Å². The van der Waals surface area contributed by atoms with E-state index in [0.29, 0.717) is 22.0 Å². The van der Waals surface area contributed by atoms with Crippen molar-refractivity contribution >= 4 is 29.1 Å². The molecule has 18 heavy (non-hydrogen) atoms. The molecule has 1 N–H and O–H groups in total. The van der Waals surface area contributed by atoms with Gasteiger partial charge in [0.2, 0.25) is 0 Å². The van der Waals surface area contributed by atoms with E-state index < -0.39 is 0 Å². The molecular weight excluding hydrogens is 275 g/mol. The lowest BCUT2D eigenvalue weighted by atomic mass is 10.2. The van der Waals surface area contributed by atoms with Crippen molar-refractivity contribution in [1.29, 1.82) is 0 Å². The predicted molar refractivity (Wildman–Crippen MR) is 68.7 cm³/mol. The molecule has 2 rings (SSSR count). The molecule has 0 saturated carbocycles. The Labute approximate surface area is 114 Å². The number of benzene rings is 1. The number of halogens is 2. The van der Waals surface area contributed by atoms with Crippen molar-refractivity contribution in [3.8, 4) is 0 Å². The molecule has 0 aliphatic rings. The molecule has 1 aromatic heterocycles. The minimum atomic E-state index is -0.221. The largest absolute Gasteiger partial charge is 0.359 e. The highest BCUT2D eigenvalue weighted by atomic mass is 35.5. The molecule has 0 aliphatic heterocycles. The van der Waals surface area contributed by atoms with Gasteiger partial charge in [-0.05, 0) is 18.2 Å². The molecule has 0 atom stereocenters. The van der Waals surface area contributed by atoms with E-state index in [1.54, 1.807) is 30.3 Å². The van der Waals surface area contributed by atoms with Crippen molar-refractivity contribution in [2.75, 3.05) is 0 Å². The quantitative estimate of drug-likeness (QED) is 0.878. The number of carbonyl (C=O) groups excluding carboxylic acids is 1. The van der Waals surface area contributed by atoms with E-state index in [9.17, 15) is 4.79 Å². The van der Waals surface area contributed by atoms with Crippen LogP contribution in [-0.2, 0) is 12.4 Å². The molecule has 2 aromatic rings. The van der Waals surface area contributed by atoms with Crippen LogP contribution < -0.4 is 5.32 Å². The first-order valence-electron chi connectivity index (χ1n) is 5.23. The number of aromatic nitrogens is 1. The number of carbonyl (C=O) groups is 1. The molecule has 1 amide bonds. The summed E-state index contributed by atoms with van der Waals surface area (Å²) in [6, 6.07) is 8.41. The summed E-state index contributed by atoms with van der Waals surface area (Å²) < 4.78 is 4.99. The molecule has 0 spiro atoms. The predicted octanol–water partition coefficient (Wildman–Crippen LogP) is 3.00. The third-order valence-corrected chi connectivity index (χ3v) is 2.76. The fourth-order valence-electron chi connectivity index (χ4n) is 1.40. The first-order valence-corrected chi connectivity index (χ1v) is 6.14. The summed E-state index contributed by atoms with van der Waals surface area (Å²) in [5.74, 6) is 0.619. The minimum Gasteiger partial charge on any atom is -0.359 e. The molecule has 6 heteroatoms. The highest BCUT2D eigenvalue weighted by Gasteiger charge is 2.08. The van der Waals surface area contributed by atoms with Gasteiger partial charge in [-0.3, -0.25) is 4.79 Å². The van der Waals surface area contributed by atoms with E-state index in [-0.39, 0.29) is 18.3 Å². The van der Waals surface area contributed by atoms with Crippen LogP contribution in [0.5, 0.6) is 0 Å². The van der Waals surface area contributed by atoms with Crippen LogP contribution in [-0.4, -0.2) is 11.1 Å². The Bertz CT molecular complexity index is 555. The van der Waals surface area contributed by atoms with Gasteiger partial charge in [0.25, 0.3) is 5.91 Å².